The molecule has 0 spiro atoms. The van der Waals surface area contributed by atoms with Crippen molar-refractivity contribution in [3.05, 3.63) is 35.7 Å². The summed E-state index contributed by atoms with van der Waals surface area (Å²) >= 11 is 0. The van der Waals surface area contributed by atoms with Gasteiger partial charge in [-0.15, -0.1) is 5.53 Å². The van der Waals surface area contributed by atoms with Crippen LogP contribution < -0.4 is 16.7 Å². The summed E-state index contributed by atoms with van der Waals surface area (Å²) in [5.74, 6) is -0.286. The summed E-state index contributed by atoms with van der Waals surface area (Å²) < 4.78 is 13.7. The van der Waals surface area contributed by atoms with E-state index in [4.69, 9.17) is 5.73 Å². The third-order valence-electron chi connectivity index (χ3n) is 2.29. The summed E-state index contributed by atoms with van der Waals surface area (Å²) in [6.07, 6.45) is 5.63. The fourth-order valence-electron chi connectivity index (χ4n) is 1.58. The van der Waals surface area contributed by atoms with Gasteiger partial charge in [-0.2, -0.15) is 0 Å². The number of hydrogen-bond donors (Lipinski definition) is 3. The summed E-state index contributed by atoms with van der Waals surface area (Å²) in [4.78, 5) is 0. The highest BCUT2D eigenvalue weighted by atomic mass is 19.1. The lowest BCUT2D eigenvalue weighted by Gasteiger charge is -2.24. The van der Waals surface area contributed by atoms with Crippen LogP contribution in [0.4, 0.5) is 4.39 Å². The van der Waals surface area contributed by atoms with E-state index < -0.39 is 0 Å². The van der Waals surface area contributed by atoms with Gasteiger partial charge in [-0.1, -0.05) is 6.92 Å². The fraction of sp³-hybridized carbons (Fsp3) is 0.333. The van der Waals surface area contributed by atoms with E-state index in [0.717, 1.165) is 0 Å². The molecule has 1 aliphatic heterocycles. The first kappa shape index (κ1) is 9.08. The van der Waals surface area contributed by atoms with Crippen LogP contribution in [-0.4, -0.2) is 5.01 Å². The van der Waals surface area contributed by atoms with Gasteiger partial charge in [0, 0.05) is 24.0 Å². The molecule has 0 radical (unpaired) electrons. The van der Waals surface area contributed by atoms with Gasteiger partial charge in [0.05, 0.1) is 5.70 Å². The molecule has 0 aromatic heterocycles. The maximum atomic E-state index is 13.7. The minimum absolute atomic E-state index is 0.139. The number of hydrazine groups is 2. The third kappa shape index (κ3) is 1.46. The number of nitrogens with two attached hydrogens (primary N) is 1. The molecule has 0 amide bonds. The molecular weight excluding hydrogens is 183 g/mol. The lowest BCUT2D eigenvalue weighted by molar-refractivity contribution is 0.318. The van der Waals surface area contributed by atoms with Crippen molar-refractivity contribution in [2.45, 2.75) is 13.3 Å². The number of nitrogens with zero attached hydrogens (tertiary/aromatic N) is 1. The molecule has 2 rings (SSSR count). The number of hydrogen-bond acceptors (Lipinski definition) is 4. The third-order valence-corrected chi connectivity index (χ3v) is 2.29. The number of rotatable bonds is 1. The second kappa shape index (κ2) is 3.34. The van der Waals surface area contributed by atoms with Gasteiger partial charge in [0.1, 0.15) is 5.83 Å². The van der Waals surface area contributed by atoms with Crippen molar-refractivity contribution >= 4 is 0 Å². The van der Waals surface area contributed by atoms with E-state index in [9.17, 15) is 4.39 Å². The Kier molecular flexibility index (Phi) is 2.17. The zero-order valence-corrected chi connectivity index (χ0v) is 7.92. The molecule has 2 aliphatic rings. The summed E-state index contributed by atoms with van der Waals surface area (Å²) in [6, 6.07) is 0. The number of nitrogens with one attached hydrogen (secondary N) is 2. The topological polar surface area (TPSA) is 53.3 Å². The second-order valence-corrected chi connectivity index (χ2v) is 3.50. The Hall–Kier alpha value is -1.49. The maximum absolute atomic E-state index is 13.7. The molecule has 0 aromatic carbocycles. The van der Waals surface area contributed by atoms with Crippen LogP contribution in [0.15, 0.2) is 35.7 Å². The molecule has 0 aromatic rings. The molecule has 0 saturated carbocycles. The first-order valence-electron chi connectivity index (χ1n) is 4.51. The molecule has 14 heavy (non-hydrogen) atoms. The first-order valence-corrected chi connectivity index (χ1v) is 4.51. The highest BCUT2D eigenvalue weighted by molar-refractivity contribution is 5.31. The molecule has 0 fully saturated rings. The Morgan fingerprint density at radius 2 is 2.43 bits per heavy atom. The average molecular weight is 196 g/mol. The zero-order valence-electron chi connectivity index (χ0n) is 7.92. The van der Waals surface area contributed by atoms with Gasteiger partial charge >= 0.3 is 0 Å². The summed E-state index contributed by atoms with van der Waals surface area (Å²) in [6.45, 7) is 1.82. The van der Waals surface area contributed by atoms with Crippen LogP contribution in [-0.2, 0) is 0 Å². The van der Waals surface area contributed by atoms with Crippen molar-refractivity contribution in [2.24, 2.45) is 11.7 Å². The van der Waals surface area contributed by atoms with Gasteiger partial charge in [-0.25, -0.2) is 4.39 Å². The Bertz CT molecular complexity index is 332. The molecule has 76 valence electrons. The van der Waals surface area contributed by atoms with Gasteiger partial charge in [-0.05, 0) is 12.5 Å². The molecule has 1 unspecified atom stereocenters. The second-order valence-electron chi connectivity index (χ2n) is 3.50. The number of allylic oxidation sites excluding steroid dienone is 3. The molecule has 4 nitrogen and oxygen atoms in total. The monoisotopic (exact) mass is 196 g/mol. The Morgan fingerprint density at radius 1 is 1.64 bits per heavy atom. The van der Waals surface area contributed by atoms with Crippen LogP contribution >= 0.6 is 0 Å². The van der Waals surface area contributed by atoms with Crippen LogP contribution in [0, 0.1) is 5.92 Å². The Balaban J connectivity index is 2.30. The van der Waals surface area contributed by atoms with Crippen LogP contribution in [0.25, 0.3) is 0 Å². The molecule has 1 aliphatic carbocycles. The molecule has 0 saturated heterocycles. The average Bonchev–Trinajstić information content (AvgIpc) is 2.63. The van der Waals surface area contributed by atoms with Crippen molar-refractivity contribution in [3.63, 3.8) is 0 Å². The van der Waals surface area contributed by atoms with Gasteiger partial charge in [0.25, 0.3) is 0 Å². The van der Waals surface area contributed by atoms with Gasteiger partial charge in [0.2, 0.25) is 0 Å². The summed E-state index contributed by atoms with van der Waals surface area (Å²) in [5.41, 5.74) is 12.4. The standard InChI is InChI=1S/C9H13FN4/c1-6-4-7(11)5-8(9(6)10)14-3-2-12-13-14/h2-3,5-6,12-13H,4,11H2,1H3. The predicted molar refractivity (Wildman–Crippen MR) is 51.4 cm³/mol. The minimum atomic E-state index is -0.147. The minimum Gasteiger partial charge on any atom is -0.402 e. The molecular formula is C9H13FN4. The molecule has 4 N–H and O–H groups in total. The van der Waals surface area contributed by atoms with Crippen LogP contribution in [0.5, 0.6) is 0 Å². The van der Waals surface area contributed by atoms with E-state index in [-0.39, 0.29) is 11.7 Å². The van der Waals surface area contributed by atoms with Gasteiger partial charge < -0.3 is 11.2 Å². The molecule has 1 heterocycles. The Morgan fingerprint density at radius 3 is 3.07 bits per heavy atom. The number of halogens is 1. The fourth-order valence-corrected chi connectivity index (χ4v) is 1.58. The van der Waals surface area contributed by atoms with E-state index in [1.807, 2.05) is 6.92 Å². The molecule has 1 atom stereocenters. The Labute approximate surface area is 81.9 Å². The van der Waals surface area contributed by atoms with Crippen molar-refractivity contribution in [3.8, 4) is 0 Å². The zero-order chi connectivity index (χ0) is 10.1. The first-order chi connectivity index (χ1) is 6.68. The van der Waals surface area contributed by atoms with Crippen LogP contribution in [0.1, 0.15) is 13.3 Å². The maximum Gasteiger partial charge on any atom is 0.128 e. The van der Waals surface area contributed by atoms with Crippen LogP contribution in [0.3, 0.4) is 0 Å². The summed E-state index contributed by atoms with van der Waals surface area (Å²) in [5, 5.41) is 1.57. The van der Waals surface area contributed by atoms with E-state index >= 15 is 0 Å². The molecule has 5 heteroatoms. The summed E-state index contributed by atoms with van der Waals surface area (Å²) in [7, 11) is 0. The normalized spacial score (nSPS) is 26.6. The van der Waals surface area contributed by atoms with Gasteiger partial charge in [-0.3, -0.25) is 5.01 Å². The molecule has 0 bridgehead atoms. The largest absolute Gasteiger partial charge is 0.402 e. The van der Waals surface area contributed by atoms with E-state index in [0.29, 0.717) is 17.8 Å². The quantitative estimate of drug-likeness (QED) is 0.582. The van der Waals surface area contributed by atoms with Crippen LogP contribution in [0.2, 0.25) is 0 Å². The van der Waals surface area contributed by atoms with Crippen molar-refractivity contribution in [1.82, 2.24) is 16.0 Å². The van der Waals surface area contributed by atoms with E-state index in [2.05, 4.69) is 11.0 Å². The van der Waals surface area contributed by atoms with E-state index in [1.165, 1.54) is 0 Å². The van der Waals surface area contributed by atoms with Crippen molar-refractivity contribution in [2.75, 3.05) is 0 Å². The highest BCUT2D eigenvalue weighted by Crippen LogP contribution is 2.29. The van der Waals surface area contributed by atoms with Crippen molar-refractivity contribution in [1.29, 1.82) is 0 Å². The predicted octanol–water partition coefficient (Wildman–Crippen LogP) is 0.846. The highest BCUT2D eigenvalue weighted by Gasteiger charge is 2.23. The smallest absolute Gasteiger partial charge is 0.128 e. The lowest BCUT2D eigenvalue weighted by Crippen LogP contribution is -2.36. The van der Waals surface area contributed by atoms with E-state index in [1.54, 1.807) is 23.5 Å². The van der Waals surface area contributed by atoms with Gasteiger partial charge in [0.15, 0.2) is 0 Å². The van der Waals surface area contributed by atoms with Crippen molar-refractivity contribution < 1.29 is 4.39 Å². The SMILES string of the molecule is CC1CC(N)=CC(N2C=CNN2)=C1F. The lowest BCUT2D eigenvalue weighted by atomic mass is 9.97.